The maximum atomic E-state index is 11.9. The summed E-state index contributed by atoms with van der Waals surface area (Å²) in [5, 5.41) is 0. The molecule has 0 amide bonds. The van der Waals surface area contributed by atoms with E-state index in [9.17, 15) is 4.79 Å². The third-order valence-corrected chi connectivity index (χ3v) is 8.09. The van der Waals surface area contributed by atoms with Crippen molar-refractivity contribution in [3.63, 3.8) is 0 Å². The third-order valence-electron chi connectivity index (χ3n) is 3.30. The molecule has 2 saturated heterocycles. The van der Waals surface area contributed by atoms with Gasteiger partial charge in [-0.2, -0.15) is 0 Å². The summed E-state index contributed by atoms with van der Waals surface area (Å²) >= 11 is 4.04. The first kappa shape index (κ1) is 11.9. The molecule has 0 N–H and O–H groups in total. The number of Topliss-reactive ketones (excluding diaryl/α,β-unsaturated/α-hetero) is 1. The maximum absolute atomic E-state index is 11.9. The fourth-order valence-electron chi connectivity index (χ4n) is 2.42. The summed E-state index contributed by atoms with van der Waals surface area (Å²) in [5.74, 6) is 0.297. The SMILES string of the molecule is O=C1CC[C@H]2O[C@@H]1[C@H]([Se]c1ccccc1)[C@H]2Br. The summed E-state index contributed by atoms with van der Waals surface area (Å²) in [5.41, 5.74) is 0. The second-order valence-electron chi connectivity index (χ2n) is 4.44. The normalized spacial score (nSPS) is 36.2. The number of halogens is 1. The summed E-state index contributed by atoms with van der Waals surface area (Å²) < 4.78 is 7.17. The summed E-state index contributed by atoms with van der Waals surface area (Å²) in [6.07, 6.45) is 1.66. The molecule has 0 unspecified atom stereocenters. The molecule has 2 aliphatic rings. The number of hydrogen-bond donors (Lipinski definition) is 0. The van der Waals surface area contributed by atoms with Crippen LogP contribution in [0.2, 0.25) is 4.82 Å². The average Bonchev–Trinajstić information content (AvgIpc) is 2.61. The monoisotopic (exact) mass is 360 g/mol. The van der Waals surface area contributed by atoms with Gasteiger partial charge in [0.2, 0.25) is 0 Å². The number of carbonyl (C=O) groups excluding carboxylic acids is 1. The Morgan fingerprint density at radius 3 is 2.82 bits per heavy atom. The van der Waals surface area contributed by atoms with E-state index in [2.05, 4.69) is 40.2 Å². The first-order valence-electron chi connectivity index (χ1n) is 5.79. The minimum atomic E-state index is -0.154. The number of ether oxygens (including phenoxy) is 1. The van der Waals surface area contributed by atoms with Gasteiger partial charge in [-0.1, -0.05) is 0 Å². The van der Waals surface area contributed by atoms with Crippen LogP contribution in [0.5, 0.6) is 0 Å². The van der Waals surface area contributed by atoms with Gasteiger partial charge in [0.15, 0.2) is 0 Å². The molecule has 2 bridgehead atoms. The molecular formula is C13H13BrO2Se. The van der Waals surface area contributed by atoms with Gasteiger partial charge in [0.05, 0.1) is 0 Å². The van der Waals surface area contributed by atoms with Crippen molar-refractivity contribution in [2.45, 2.75) is 34.7 Å². The molecular weight excluding hydrogens is 347 g/mol. The predicted octanol–water partition coefficient (Wildman–Crippen LogP) is 1.70. The van der Waals surface area contributed by atoms with Crippen LogP contribution in [0.15, 0.2) is 30.3 Å². The van der Waals surface area contributed by atoms with E-state index in [1.54, 1.807) is 0 Å². The van der Waals surface area contributed by atoms with Crippen LogP contribution in [0.4, 0.5) is 0 Å². The quantitative estimate of drug-likeness (QED) is 0.593. The van der Waals surface area contributed by atoms with Crippen LogP contribution < -0.4 is 4.46 Å². The molecule has 0 saturated carbocycles. The topological polar surface area (TPSA) is 26.3 Å². The van der Waals surface area contributed by atoms with Gasteiger partial charge >= 0.3 is 116 Å². The summed E-state index contributed by atoms with van der Waals surface area (Å²) in [7, 11) is 0. The van der Waals surface area contributed by atoms with Gasteiger partial charge in [0.1, 0.15) is 0 Å². The van der Waals surface area contributed by atoms with E-state index in [4.69, 9.17) is 4.74 Å². The molecule has 17 heavy (non-hydrogen) atoms. The van der Waals surface area contributed by atoms with Crippen molar-refractivity contribution in [2.24, 2.45) is 0 Å². The van der Waals surface area contributed by atoms with Crippen LogP contribution in [-0.2, 0) is 9.53 Å². The average molecular weight is 360 g/mol. The first-order chi connectivity index (χ1) is 8.25. The molecule has 1 aromatic rings. The number of fused-ring (bicyclic) bond motifs is 2. The zero-order chi connectivity index (χ0) is 11.8. The second kappa shape index (κ2) is 4.85. The Morgan fingerprint density at radius 1 is 1.29 bits per heavy atom. The number of benzene rings is 1. The van der Waals surface area contributed by atoms with E-state index in [0.29, 0.717) is 36.8 Å². The number of carbonyl (C=O) groups is 1. The predicted molar refractivity (Wildman–Crippen MR) is 71.2 cm³/mol. The van der Waals surface area contributed by atoms with Crippen LogP contribution in [-0.4, -0.2) is 37.8 Å². The van der Waals surface area contributed by atoms with Crippen molar-refractivity contribution in [2.75, 3.05) is 0 Å². The van der Waals surface area contributed by atoms with Gasteiger partial charge in [-0.15, -0.1) is 0 Å². The molecule has 2 nitrogen and oxygen atoms in total. The van der Waals surface area contributed by atoms with Crippen LogP contribution in [0.25, 0.3) is 0 Å². The Balaban J connectivity index is 1.80. The summed E-state index contributed by atoms with van der Waals surface area (Å²) in [4.78, 5) is 12.6. The molecule has 4 atom stereocenters. The van der Waals surface area contributed by atoms with Gasteiger partial charge in [0.25, 0.3) is 0 Å². The van der Waals surface area contributed by atoms with Crippen molar-refractivity contribution >= 4 is 41.1 Å². The van der Waals surface area contributed by atoms with E-state index in [1.165, 1.54) is 4.46 Å². The Kier molecular flexibility index (Phi) is 3.40. The molecule has 2 fully saturated rings. The van der Waals surface area contributed by atoms with Crippen LogP contribution >= 0.6 is 15.9 Å². The van der Waals surface area contributed by atoms with E-state index in [0.717, 1.165) is 6.42 Å². The van der Waals surface area contributed by atoms with Gasteiger partial charge in [-0.3, -0.25) is 0 Å². The van der Waals surface area contributed by atoms with E-state index in [-0.39, 0.29) is 12.2 Å². The molecule has 0 radical (unpaired) electrons. The Bertz CT molecular complexity index is 423. The second-order valence-corrected chi connectivity index (χ2v) is 8.12. The standard InChI is InChI=1S/C13H13BrO2Se/c14-11-10-7-6-9(15)12(16-10)13(11)17-8-4-2-1-3-5-8/h1-5,10-13H,6-7H2/t10-,11+,12+,13-/m1/s1. The molecule has 3 rings (SSSR count). The molecule has 2 aliphatic heterocycles. The third kappa shape index (κ3) is 2.24. The summed E-state index contributed by atoms with van der Waals surface area (Å²) in [6, 6.07) is 10.4. The van der Waals surface area contributed by atoms with Crippen LogP contribution in [0.3, 0.4) is 0 Å². The molecule has 1 aromatic carbocycles. The van der Waals surface area contributed by atoms with E-state index < -0.39 is 0 Å². The van der Waals surface area contributed by atoms with E-state index >= 15 is 0 Å². The molecule has 0 aromatic heterocycles. The van der Waals surface area contributed by atoms with Crippen molar-refractivity contribution in [1.29, 1.82) is 0 Å². The molecule has 4 heteroatoms. The number of rotatable bonds is 2. The van der Waals surface area contributed by atoms with Gasteiger partial charge < -0.3 is 0 Å². The zero-order valence-electron chi connectivity index (χ0n) is 9.21. The minimum absolute atomic E-state index is 0.154. The van der Waals surface area contributed by atoms with Crippen molar-refractivity contribution in [1.82, 2.24) is 0 Å². The fourth-order valence-corrected chi connectivity index (χ4v) is 6.31. The van der Waals surface area contributed by atoms with Crippen molar-refractivity contribution in [3.05, 3.63) is 30.3 Å². The fraction of sp³-hybridized carbons (Fsp3) is 0.462. The Morgan fingerprint density at radius 2 is 2.06 bits per heavy atom. The zero-order valence-corrected chi connectivity index (χ0v) is 12.5. The number of alkyl halides is 1. The molecule has 2 heterocycles. The van der Waals surface area contributed by atoms with Crippen molar-refractivity contribution < 1.29 is 9.53 Å². The summed E-state index contributed by atoms with van der Waals surface area (Å²) in [6.45, 7) is 0. The first-order valence-corrected chi connectivity index (χ1v) is 8.56. The Labute approximate surface area is 115 Å². The van der Waals surface area contributed by atoms with Crippen LogP contribution in [0.1, 0.15) is 12.8 Å². The molecule has 0 spiro atoms. The van der Waals surface area contributed by atoms with Crippen molar-refractivity contribution in [3.8, 4) is 0 Å². The number of hydrogen-bond acceptors (Lipinski definition) is 2. The number of ketones is 1. The van der Waals surface area contributed by atoms with Crippen LogP contribution in [0, 0.1) is 0 Å². The molecule has 0 aliphatic carbocycles. The van der Waals surface area contributed by atoms with Gasteiger partial charge in [0, 0.05) is 0 Å². The van der Waals surface area contributed by atoms with Gasteiger partial charge in [-0.05, 0) is 0 Å². The van der Waals surface area contributed by atoms with E-state index in [1.807, 2.05) is 6.07 Å². The Hall–Kier alpha value is -0.151. The molecule has 90 valence electrons. The van der Waals surface area contributed by atoms with Gasteiger partial charge in [-0.25, -0.2) is 0 Å².